The van der Waals surface area contributed by atoms with Crippen LogP contribution in [0.2, 0.25) is 0 Å². The summed E-state index contributed by atoms with van der Waals surface area (Å²) in [6, 6.07) is -3.61. The van der Waals surface area contributed by atoms with Gasteiger partial charge in [0.05, 0.1) is 12.5 Å². The summed E-state index contributed by atoms with van der Waals surface area (Å²) >= 11 is 0. The lowest BCUT2D eigenvalue weighted by molar-refractivity contribution is -0.142. The molecule has 0 aliphatic rings. The fourth-order valence-electron chi connectivity index (χ4n) is 2.11. The van der Waals surface area contributed by atoms with Gasteiger partial charge in [-0.2, -0.15) is 0 Å². The second-order valence-electron chi connectivity index (χ2n) is 6.37. The number of aliphatic carboxylic acids is 1. The molecule has 0 aromatic rings. The molecule has 0 aromatic carbocycles. The van der Waals surface area contributed by atoms with Crippen LogP contribution in [0.4, 0.5) is 0 Å². The maximum absolute atomic E-state index is 12.4. The molecule has 0 heterocycles. The van der Waals surface area contributed by atoms with Crippen molar-refractivity contribution >= 4 is 29.6 Å². The highest BCUT2D eigenvalue weighted by Gasteiger charge is 2.29. The minimum Gasteiger partial charge on any atom is -0.480 e. The minimum absolute atomic E-state index is 0.00712. The normalized spacial score (nSPS) is 14.2. The lowest BCUT2D eigenvalue weighted by atomic mass is 10.0. The van der Waals surface area contributed by atoms with Crippen LogP contribution in [0.25, 0.3) is 0 Å². The maximum Gasteiger partial charge on any atom is 0.326 e. The Kier molecular flexibility index (Phi) is 9.89. The summed E-state index contributed by atoms with van der Waals surface area (Å²) in [5.74, 6) is -4.30. The van der Waals surface area contributed by atoms with Gasteiger partial charge in [0.15, 0.2) is 0 Å². The first-order valence-corrected chi connectivity index (χ1v) is 8.09. The third-order valence-electron chi connectivity index (χ3n) is 3.39. The van der Waals surface area contributed by atoms with Crippen molar-refractivity contribution in [1.29, 1.82) is 0 Å². The van der Waals surface area contributed by atoms with Crippen molar-refractivity contribution < 1.29 is 29.1 Å². The molecule has 4 amide bonds. The van der Waals surface area contributed by atoms with Crippen LogP contribution in [0.3, 0.4) is 0 Å². The zero-order chi connectivity index (χ0) is 20.4. The monoisotopic (exact) mass is 373 g/mol. The van der Waals surface area contributed by atoms with Crippen molar-refractivity contribution in [2.45, 2.75) is 57.7 Å². The molecular formula is C15H27N5O6. The summed E-state index contributed by atoms with van der Waals surface area (Å²) in [4.78, 5) is 57.3. The highest BCUT2D eigenvalue weighted by atomic mass is 16.4. The Morgan fingerprint density at radius 3 is 1.88 bits per heavy atom. The lowest BCUT2D eigenvalue weighted by Crippen LogP contribution is -2.55. The molecule has 0 aliphatic heterocycles. The number of rotatable bonds is 12. The van der Waals surface area contributed by atoms with Gasteiger partial charge in [0, 0.05) is 6.42 Å². The maximum atomic E-state index is 12.4. The Morgan fingerprint density at radius 2 is 1.46 bits per heavy atom. The lowest BCUT2D eigenvalue weighted by Gasteiger charge is -2.23. The topological polar surface area (TPSA) is 208 Å². The van der Waals surface area contributed by atoms with E-state index in [9.17, 15) is 24.0 Å². The molecule has 0 spiro atoms. The van der Waals surface area contributed by atoms with E-state index in [1.807, 2.05) is 0 Å². The van der Waals surface area contributed by atoms with Gasteiger partial charge in [0.1, 0.15) is 12.1 Å². The van der Waals surface area contributed by atoms with E-state index in [4.69, 9.17) is 22.3 Å². The number of hydrogen-bond donors (Lipinski definition) is 6. The van der Waals surface area contributed by atoms with Crippen molar-refractivity contribution in [2.75, 3.05) is 0 Å². The Balaban J connectivity index is 5.05. The molecule has 0 bridgehead atoms. The van der Waals surface area contributed by atoms with Gasteiger partial charge in [-0.05, 0) is 18.8 Å². The van der Waals surface area contributed by atoms with Gasteiger partial charge < -0.3 is 32.9 Å². The van der Waals surface area contributed by atoms with Crippen molar-refractivity contribution in [3.05, 3.63) is 0 Å². The molecule has 11 nitrogen and oxygen atoms in total. The Hall–Kier alpha value is -2.69. The summed E-state index contributed by atoms with van der Waals surface area (Å²) in [7, 11) is 0. The average Bonchev–Trinajstić information content (AvgIpc) is 2.48. The number of amides is 4. The molecule has 0 rings (SSSR count). The Bertz CT molecular complexity index is 551. The fourth-order valence-corrected chi connectivity index (χ4v) is 2.11. The van der Waals surface area contributed by atoms with E-state index in [1.54, 1.807) is 13.8 Å². The second-order valence-corrected chi connectivity index (χ2v) is 6.37. The molecule has 0 aliphatic carbocycles. The number of carbonyl (C=O) groups excluding carboxylic acids is 4. The number of nitrogens with one attached hydrogen (secondary N) is 2. The molecule has 3 unspecified atom stereocenters. The minimum atomic E-state index is -1.33. The van der Waals surface area contributed by atoms with E-state index in [2.05, 4.69) is 10.6 Å². The largest absolute Gasteiger partial charge is 0.480 e. The molecule has 0 fully saturated rings. The van der Waals surface area contributed by atoms with Crippen LogP contribution in [0, 0.1) is 5.92 Å². The summed E-state index contributed by atoms with van der Waals surface area (Å²) < 4.78 is 0. The zero-order valence-corrected chi connectivity index (χ0v) is 14.9. The zero-order valence-electron chi connectivity index (χ0n) is 14.9. The van der Waals surface area contributed by atoms with Crippen LogP contribution in [0.1, 0.15) is 39.5 Å². The van der Waals surface area contributed by atoms with Gasteiger partial charge in [0.25, 0.3) is 0 Å². The fraction of sp³-hybridized carbons (Fsp3) is 0.667. The first-order valence-electron chi connectivity index (χ1n) is 8.09. The summed E-state index contributed by atoms with van der Waals surface area (Å²) in [6.45, 7) is 3.61. The predicted octanol–water partition coefficient (Wildman–Crippen LogP) is -2.45. The van der Waals surface area contributed by atoms with E-state index in [0.717, 1.165) is 0 Å². The van der Waals surface area contributed by atoms with Gasteiger partial charge >= 0.3 is 5.97 Å². The number of nitrogens with two attached hydrogens (primary N) is 3. The van der Waals surface area contributed by atoms with Gasteiger partial charge in [-0.25, -0.2) is 4.79 Å². The van der Waals surface area contributed by atoms with Gasteiger partial charge in [-0.1, -0.05) is 13.8 Å². The van der Waals surface area contributed by atoms with Crippen molar-refractivity contribution in [2.24, 2.45) is 23.1 Å². The van der Waals surface area contributed by atoms with Gasteiger partial charge in [-0.15, -0.1) is 0 Å². The molecule has 0 radical (unpaired) electrons. The standard InChI is InChI=1S/C15H27N5O6/c1-7(2)5-10(20-13(23)8(16)6-12(18)22)14(24)19-9(15(25)26)3-4-11(17)21/h7-10H,3-6,16H2,1-2H3,(H2,17,21)(H2,18,22)(H,19,24)(H,20,23)(H,25,26). The second kappa shape index (κ2) is 11.0. The number of hydrogen-bond acceptors (Lipinski definition) is 6. The predicted molar refractivity (Wildman–Crippen MR) is 91.2 cm³/mol. The highest BCUT2D eigenvalue weighted by molar-refractivity contribution is 5.93. The van der Waals surface area contributed by atoms with Crippen molar-refractivity contribution in [1.82, 2.24) is 10.6 Å². The molecule has 9 N–H and O–H groups in total. The van der Waals surface area contributed by atoms with E-state index >= 15 is 0 Å². The van der Waals surface area contributed by atoms with E-state index < -0.39 is 54.1 Å². The van der Waals surface area contributed by atoms with E-state index in [-0.39, 0.29) is 25.2 Å². The van der Waals surface area contributed by atoms with Gasteiger partial charge in [0.2, 0.25) is 23.6 Å². The first kappa shape index (κ1) is 23.3. The third-order valence-corrected chi connectivity index (χ3v) is 3.39. The highest BCUT2D eigenvalue weighted by Crippen LogP contribution is 2.07. The van der Waals surface area contributed by atoms with Crippen molar-refractivity contribution in [3.63, 3.8) is 0 Å². The number of carboxylic acids is 1. The number of primary amides is 2. The van der Waals surface area contributed by atoms with Crippen LogP contribution >= 0.6 is 0 Å². The van der Waals surface area contributed by atoms with Crippen LogP contribution in [-0.2, 0) is 24.0 Å². The Morgan fingerprint density at radius 1 is 0.923 bits per heavy atom. The van der Waals surface area contributed by atoms with Gasteiger partial charge in [-0.3, -0.25) is 19.2 Å². The quantitative estimate of drug-likeness (QED) is 0.217. The Labute approximate surface area is 151 Å². The summed E-state index contributed by atoms with van der Waals surface area (Å²) in [5, 5.41) is 13.8. The molecule has 0 saturated carbocycles. The van der Waals surface area contributed by atoms with Crippen LogP contribution in [0.5, 0.6) is 0 Å². The van der Waals surface area contributed by atoms with Crippen LogP contribution < -0.4 is 27.8 Å². The molecule has 26 heavy (non-hydrogen) atoms. The summed E-state index contributed by atoms with van der Waals surface area (Å²) in [6.07, 6.45) is -0.580. The van der Waals surface area contributed by atoms with Crippen molar-refractivity contribution in [3.8, 4) is 0 Å². The first-order chi connectivity index (χ1) is 11.9. The molecule has 148 valence electrons. The van der Waals surface area contributed by atoms with Crippen LogP contribution in [-0.4, -0.2) is 52.8 Å². The molecule has 0 saturated heterocycles. The molecule has 11 heteroatoms. The number of carbonyl (C=O) groups is 5. The summed E-state index contributed by atoms with van der Waals surface area (Å²) in [5.41, 5.74) is 15.5. The SMILES string of the molecule is CC(C)CC(NC(=O)C(N)CC(N)=O)C(=O)NC(CCC(N)=O)C(=O)O. The van der Waals surface area contributed by atoms with E-state index in [1.165, 1.54) is 0 Å². The molecular weight excluding hydrogens is 346 g/mol. The average molecular weight is 373 g/mol. The third kappa shape index (κ3) is 9.57. The molecule has 0 aromatic heterocycles. The smallest absolute Gasteiger partial charge is 0.326 e. The molecule has 3 atom stereocenters. The number of carboxylic acid groups (broad SMARTS) is 1. The van der Waals surface area contributed by atoms with Crippen LogP contribution in [0.15, 0.2) is 0 Å². The van der Waals surface area contributed by atoms with E-state index in [0.29, 0.717) is 0 Å².